The topological polar surface area (TPSA) is 38.3 Å². The lowest BCUT2D eigenvalue weighted by molar-refractivity contribution is -0.143. The number of rotatable bonds is 5. The van der Waals surface area contributed by atoms with Crippen LogP contribution >= 0.6 is 0 Å². The van der Waals surface area contributed by atoms with Crippen molar-refractivity contribution >= 4 is 5.97 Å². The second-order valence-electron chi connectivity index (χ2n) is 8.19. The van der Waals surface area contributed by atoms with Crippen molar-refractivity contribution in [3.63, 3.8) is 0 Å². The molecule has 0 heterocycles. The van der Waals surface area contributed by atoms with Gasteiger partial charge >= 0.3 is 5.97 Å². The molecule has 130 valence electrons. The number of ether oxygens (including phenoxy) is 1. The van der Waals surface area contributed by atoms with Gasteiger partial charge in [0.1, 0.15) is 0 Å². The number of carbonyl (C=O) groups excluding carboxylic acids is 1. The van der Waals surface area contributed by atoms with Crippen LogP contribution in [0.1, 0.15) is 77.6 Å². The molecule has 0 aliphatic carbocycles. The molecule has 1 N–H and O–H groups in total. The molecule has 0 aliphatic rings. The molecule has 0 unspecified atom stereocenters. The zero-order valence-corrected chi connectivity index (χ0v) is 16.0. The average Bonchev–Trinajstić information content (AvgIpc) is 2.42. The summed E-state index contributed by atoms with van der Waals surface area (Å²) < 4.78 is 5.11. The van der Waals surface area contributed by atoms with Crippen LogP contribution in [0.4, 0.5) is 0 Å². The van der Waals surface area contributed by atoms with Gasteiger partial charge in [0.2, 0.25) is 0 Å². The Kier molecular flexibility index (Phi) is 6.41. The zero-order chi connectivity index (χ0) is 17.8. The molecule has 23 heavy (non-hydrogen) atoms. The van der Waals surface area contributed by atoms with E-state index in [0.29, 0.717) is 13.0 Å². The van der Waals surface area contributed by atoms with Crippen molar-refractivity contribution in [1.82, 2.24) is 5.32 Å². The van der Waals surface area contributed by atoms with Crippen LogP contribution in [0.5, 0.6) is 0 Å². The van der Waals surface area contributed by atoms with Gasteiger partial charge in [0.15, 0.2) is 0 Å². The van der Waals surface area contributed by atoms with Crippen LogP contribution in [-0.4, -0.2) is 19.6 Å². The maximum atomic E-state index is 11.9. The second-order valence-corrected chi connectivity index (χ2v) is 8.19. The summed E-state index contributed by atoms with van der Waals surface area (Å²) in [5.74, 6) is -0.162. The minimum absolute atomic E-state index is 0.0301. The fourth-order valence-corrected chi connectivity index (χ4v) is 2.49. The van der Waals surface area contributed by atoms with Gasteiger partial charge in [-0.1, -0.05) is 59.7 Å². The Bertz CT molecular complexity index is 503. The van der Waals surface area contributed by atoms with E-state index in [1.165, 1.54) is 11.1 Å². The van der Waals surface area contributed by atoms with Crippen molar-refractivity contribution in [3.05, 3.63) is 34.9 Å². The van der Waals surface area contributed by atoms with Gasteiger partial charge in [-0.2, -0.15) is 0 Å². The maximum Gasteiger partial charge on any atom is 0.307 e. The third-order valence-corrected chi connectivity index (χ3v) is 4.11. The van der Waals surface area contributed by atoms with Crippen molar-refractivity contribution in [1.29, 1.82) is 0 Å². The first-order chi connectivity index (χ1) is 10.5. The highest BCUT2D eigenvalue weighted by Gasteiger charge is 2.23. The molecule has 1 atom stereocenters. The highest BCUT2D eigenvalue weighted by molar-refractivity contribution is 5.70. The van der Waals surface area contributed by atoms with E-state index in [2.05, 4.69) is 65.1 Å². The first kappa shape index (κ1) is 19.7. The molecule has 0 saturated heterocycles. The highest BCUT2D eigenvalue weighted by atomic mass is 16.5. The van der Waals surface area contributed by atoms with Crippen LogP contribution in [0.2, 0.25) is 0 Å². The number of hydrogen-bond acceptors (Lipinski definition) is 3. The normalized spacial score (nSPS) is 13.7. The molecular formula is C20H33NO2. The number of hydrogen-bond donors (Lipinski definition) is 1. The molecule has 0 aromatic heterocycles. The first-order valence-corrected chi connectivity index (χ1v) is 8.48. The van der Waals surface area contributed by atoms with E-state index in [1.54, 1.807) is 0 Å². The van der Waals surface area contributed by atoms with Gasteiger partial charge in [0.05, 0.1) is 13.0 Å². The molecule has 0 fully saturated rings. The molecule has 0 spiro atoms. The smallest absolute Gasteiger partial charge is 0.307 e. The molecule has 0 amide bonds. The second kappa shape index (κ2) is 7.48. The Balaban J connectivity index is 3.29. The van der Waals surface area contributed by atoms with Crippen molar-refractivity contribution in [2.75, 3.05) is 13.7 Å². The largest absolute Gasteiger partial charge is 0.466 e. The minimum Gasteiger partial charge on any atom is -0.466 e. The van der Waals surface area contributed by atoms with Crippen LogP contribution in [0, 0.1) is 0 Å². The SMILES string of the molecule is CCOC(=O)C[C@H](NC)c1cc(C(C)(C)C)cc(C(C)(C)C)c1. The summed E-state index contributed by atoms with van der Waals surface area (Å²) in [4.78, 5) is 11.9. The third kappa shape index (κ3) is 5.65. The van der Waals surface area contributed by atoms with Gasteiger partial charge in [0.25, 0.3) is 0 Å². The molecule has 0 radical (unpaired) electrons. The summed E-state index contributed by atoms with van der Waals surface area (Å²) >= 11 is 0. The third-order valence-electron chi connectivity index (χ3n) is 4.11. The lowest BCUT2D eigenvalue weighted by Gasteiger charge is -2.28. The van der Waals surface area contributed by atoms with Crippen LogP contribution in [0.25, 0.3) is 0 Å². The minimum atomic E-state index is -0.162. The Morgan fingerprint density at radius 2 is 1.52 bits per heavy atom. The standard InChI is InChI=1S/C20H33NO2/c1-9-23-18(22)13-17(21-8)14-10-15(19(2,3)4)12-16(11-14)20(5,6)7/h10-12,17,21H,9,13H2,1-8H3/t17-/m0/s1. The summed E-state index contributed by atoms with van der Waals surface area (Å²) in [7, 11) is 1.89. The van der Waals surface area contributed by atoms with Crippen LogP contribution in [0.3, 0.4) is 0 Å². The first-order valence-electron chi connectivity index (χ1n) is 8.48. The molecule has 1 rings (SSSR count). The van der Waals surface area contributed by atoms with E-state index in [0.717, 1.165) is 5.56 Å². The molecule has 0 bridgehead atoms. The Hall–Kier alpha value is -1.35. The number of benzene rings is 1. The Labute approximate surface area is 141 Å². The van der Waals surface area contributed by atoms with Crippen molar-refractivity contribution in [3.8, 4) is 0 Å². The lowest BCUT2D eigenvalue weighted by Crippen LogP contribution is -2.24. The van der Waals surface area contributed by atoms with Crippen molar-refractivity contribution in [2.24, 2.45) is 0 Å². The van der Waals surface area contributed by atoms with Gasteiger partial charge < -0.3 is 10.1 Å². The predicted molar refractivity (Wildman–Crippen MR) is 96.9 cm³/mol. The van der Waals surface area contributed by atoms with Crippen molar-refractivity contribution < 1.29 is 9.53 Å². The van der Waals surface area contributed by atoms with Gasteiger partial charge in [-0.3, -0.25) is 4.79 Å². The van der Waals surface area contributed by atoms with Crippen LogP contribution in [0.15, 0.2) is 18.2 Å². The fourth-order valence-electron chi connectivity index (χ4n) is 2.49. The van der Waals surface area contributed by atoms with Gasteiger partial charge in [-0.25, -0.2) is 0 Å². The molecular weight excluding hydrogens is 286 g/mol. The van der Waals surface area contributed by atoms with E-state index in [1.807, 2.05) is 14.0 Å². The average molecular weight is 319 g/mol. The van der Waals surface area contributed by atoms with E-state index >= 15 is 0 Å². The molecule has 0 aliphatic heterocycles. The monoisotopic (exact) mass is 319 g/mol. The highest BCUT2D eigenvalue weighted by Crippen LogP contribution is 2.32. The number of esters is 1. The molecule has 1 aromatic carbocycles. The summed E-state index contributed by atoms with van der Waals surface area (Å²) in [6, 6.07) is 6.70. The van der Waals surface area contributed by atoms with Gasteiger partial charge in [0, 0.05) is 6.04 Å². The quantitative estimate of drug-likeness (QED) is 0.812. The predicted octanol–water partition coefficient (Wildman–Crippen LogP) is 4.50. The number of nitrogens with one attached hydrogen (secondary N) is 1. The maximum absolute atomic E-state index is 11.9. The van der Waals surface area contributed by atoms with Crippen LogP contribution in [-0.2, 0) is 20.4 Å². The molecule has 0 saturated carbocycles. The van der Waals surface area contributed by atoms with Gasteiger partial charge in [-0.05, 0) is 41.5 Å². The summed E-state index contributed by atoms with van der Waals surface area (Å²) in [6.45, 7) is 15.6. The summed E-state index contributed by atoms with van der Waals surface area (Å²) in [5.41, 5.74) is 3.88. The Morgan fingerprint density at radius 1 is 1.04 bits per heavy atom. The summed E-state index contributed by atoms with van der Waals surface area (Å²) in [5, 5.41) is 3.26. The summed E-state index contributed by atoms with van der Waals surface area (Å²) in [6.07, 6.45) is 0.349. The van der Waals surface area contributed by atoms with E-state index in [9.17, 15) is 4.79 Å². The fraction of sp³-hybridized carbons (Fsp3) is 0.650. The van der Waals surface area contributed by atoms with E-state index in [4.69, 9.17) is 4.74 Å². The van der Waals surface area contributed by atoms with Crippen LogP contribution < -0.4 is 5.32 Å². The number of carbonyl (C=O) groups is 1. The Morgan fingerprint density at radius 3 is 1.87 bits per heavy atom. The van der Waals surface area contributed by atoms with E-state index in [-0.39, 0.29) is 22.8 Å². The lowest BCUT2D eigenvalue weighted by atomic mass is 9.78. The van der Waals surface area contributed by atoms with Crippen molar-refractivity contribution in [2.45, 2.75) is 71.8 Å². The molecule has 3 heteroatoms. The zero-order valence-electron chi connectivity index (χ0n) is 16.0. The van der Waals surface area contributed by atoms with E-state index < -0.39 is 0 Å². The van der Waals surface area contributed by atoms with Gasteiger partial charge in [-0.15, -0.1) is 0 Å². The molecule has 3 nitrogen and oxygen atoms in total. The molecule has 1 aromatic rings.